The Balaban J connectivity index is 2.90. The third kappa shape index (κ3) is 1.11. The summed E-state index contributed by atoms with van der Waals surface area (Å²) in [5.74, 6) is 0. The molecule has 2 rings (SSSR count). The van der Waals surface area contributed by atoms with E-state index in [1.807, 2.05) is 18.5 Å². The molecular formula is C9H8N4O. The number of isocyanates is 1. The number of nitrogens with zero attached hydrogens (tertiary/aromatic N) is 4. The van der Waals surface area contributed by atoms with Gasteiger partial charge in [-0.3, -0.25) is 0 Å². The highest BCUT2D eigenvalue weighted by Crippen LogP contribution is 2.26. The predicted molar refractivity (Wildman–Crippen MR) is 51.0 cm³/mol. The maximum atomic E-state index is 10.2. The van der Waals surface area contributed by atoms with Crippen LogP contribution in [-0.2, 0) is 11.8 Å². The Hall–Kier alpha value is -2.00. The van der Waals surface area contributed by atoms with Crippen molar-refractivity contribution in [3.8, 4) is 0 Å². The molecule has 2 heterocycles. The highest BCUT2D eigenvalue weighted by Gasteiger charge is 2.09. The van der Waals surface area contributed by atoms with Gasteiger partial charge in [-0.05, 0) is 6.92 Å². The Bertz CT molecular complexity index is 537. The number of rotatable bonds is 1. The van der Waals surface area contributed by atoms with Gasteiger partial charge in [0.1, 0.15) is 17.5 Å². The molecule has 0 fully saturated rings. The zero-order valence-corrected chi connectivity index (χ0v) is 7.85. The standard InChI is InChI=1S/C9H8N4O/c1-6-9-8(11-4-10-6)7(12-5-14)3-13(9)2/h3-4H,1-2H3. The summed E-state index contributed by atoms with van der Waals surface area (Å²) in [5.41, 5.74) is 2.97. The summed E-state index contributed by atoms with van der Waals surface area (Å²) in [5, 5.41) is 0. The van der Waals surface area contributed by atoms with Crippen LogP contribution in [0.25, 0.3) is 11.0 Å². The van der Waals surface area contributed by atoms with Gasteiger partial charge in [0.2, 0.25) is 6.08 Å². The van der Waals surface area contributed by atoms with Crippen LogP contribution < -0.4 is 0 Å². The summed E-state index contributed by atoms with van der Waals surface area (Å²) in [7, 11) is 1.86. The summed E-state index contributed by atoms with van der Waals surface area (Å²) in [6.45, 7) is 1.89. The van der Waals surface area contributed by atoms with Crippen LogP contribution >= 0.6 is 0 Å². The van der Waals surface area contributed by atoms with Crippen molar-refractivity contribution in [3.63, 3.8) is 0 Å². The molecule has 0 spiro atoms. The van der Waals surface area contributed by atoms with E-state index in [1.54, 1.807) is 6.20 Å². The summed E-state index contributed by atoms with van der Waals surface area (Å²) in [6.07, 6.45) is 4.70. The predicted octanol–water partition coefficient (Wildman–Crippen LogP) is 1.24. The first-order valence-electron chi connectivity index (χ1n) is 4.08. The molecule has 0 saturated heterocycles. The first kappa shape index (κ1) is 8.59. The molecule has 0 saturated carbocycles. The van der Waals surface area contributed by atoms with Crippen LogP contribution in [0.2, 0.25) is 0 Å². The molecule has 0 aliphatic carbocycles. The van der Waals surface area contributed by atoms with Crippen LogP contribution in [0, 0.1) is 6.92 Å². The molecule has 0 aliphatic rings. The van der Waals surface area contributed by atoms with Crippen LogP contribution in [0.5, 0.6) is 0 Å². The third-order valence-corrected chi connectivity index (χ3v) is 2.08. The Kier molecular flexibility index (Phi) is 1.87. The van der Waals surface area contributed by atoms with Gasteiger partial charge >= 0.3 is 0 Å². The van der Waals surface area contributed by atoms with E-state index in [1.165, 1.54) is 12.4 Å². The lowest BCUT2D eigenvalue weighted by Crippen LogP contribution is -1.91. The molecule has 70 valence electrons. The van der Waals surface area contributed by atoms with Gasteiger partial charge in [-0.1, -0.05) is 0 Å². The van der Waals surface area contributed by atoms with Gasteiger partial charge in [0.05, 0.1) is 11.2 Å². The topological polar surface area (TPSA) is 60.1 Å². The maximum Gasteiger partial charge on any atom is 0.240 e. The molecule has 0 N–H and O–H groups in total. The number of aromatic nitrogens is 3. The van der Waals surface area contributed by atoms with Gasteiger partial charge < -0.3 is 4.57 Å². The van der Waals surface area contributed by atoms with Crippen LogP contribution in [0.1, 0.15) is 5.69 Å². The van der Waals surface area contributed by atoms with Crippen LogP contribution in [-0.4, -0.2) is 20.6 Å². The molecule has 2 aromatic heterocycles. The average molecular weight is 188 g/mol. The number of aryl methyl sites for hydroxylation is 2. The van der Waals surface area contributed by atoms with Gasteiger partial charge in [-0.15, -0.1) is 0 Å². The normalized spacial score (nSPS) is 10.1. The SMILES string of the molecule is Cc1ncnc2c(N=C=O)cn(C)c12. The average Bonchev–Trinajstić information content (AvgIpc) is 2.46. The van der Waals surface area contributed by atoms with Crippen molar-refractivity contribution in [2.45, 2.75) is 6.92 Å². The fraction of sp³-hybridized carbons (Fsp3) is 0.222. The van der Waals surface area contributed by atoms with Crippen molar-refractivity contribution in [2.75, 3.05) is 0 Å². The molecule has 14 heavy (non-hydrogen) atoms. The van der Waals surface area contributed by atoms with Crippen molar-refractivity contribution < 1.29 is 4.79 Å². The first-order valence-corrected chi connectivity index (χ1v) is 4.08. The quantitative estimate of drug-likeness (QED) is 0.499. The second-order valence-electron chi connectivity index (χ2n) is 2.98. The Morgan fingerprint density at radius 2 is 2.29 bits per heavy atom. The molecule has 2 aromatic rings. The smallest absolute Gasteiger partial charge is 0.240 e. The van der Waals surface area contributed by atoms with Gasteiger partial charge in [0, 0.05) is 13.2 Å². The number of carbonyl (C=O) groups excluding carboxylic acids is 1. The lowest BCUT2D eigenvalue weighted by atomic mass is 10.3. The minimum absolute atomic E-state index is 0.531. The molecule has 0 radical (unpaired) electrons. The van der Waals surface area contributed by atoms with Gasteiger partial charge in [0.25, 0.3) is 0 Å². The lowest BCUT2D eigenvalue weighted by molar-refractivity contribution is 0.565. The van der Waals surface area contributed by atoms with Crippen LogP contribution in [0.3, 0.4) is 0 Å². The molecule has 0 bridgehead atoms. The van der Waals surface area contributed by atoms with Crippen molar-refractivity contribution >= 4 is 22.8 Å². The highest BCUT2D eigenvalue weighted by molar-refractivity contribution is 5.89. The molecule has 5 heteroatoms. The highest BCUT2D eigenvalue weighted by atomic mass is 16.1. The molecule has 0 atom stereocenters. The van der Waals surface area contributed by atoms with Crippen molar-refractivity contribution in [1.82, 2.24) is 14.5 Å². The molecule has 0 aromatic carbocycles. The molecular weight excluding hydrogens is 180 g/mol. The summed E-state index contributed by atoms with van der Waals surface area (Å²) in [6, 6.07) is 0. The zero-order valence-electron chi connectivity index (χ0n) is 7.85. The van der Waals surface area contributed by atoms with E-state index in [0.717, 1.165) is 11.2 Å². The molecule has 0 unspecified atom stereocenters. The number of hydrogen-bond acceptors (Lipinski definition) is 4. The maximum absolute atomic E-state index is 10.2. The molecule has 5 nitrogen and oxygen atoms in total. The van der Waals surface area contributed by atoms with E-state index in [9.17, 15) is 4.79 Å². The van der Waals surface area contributed by atoms with Crippen LogP contribution in [0.4, 0.5) is 5.69 Å². The number of aliphatic imine (C=N–C) groups is 1. The summed E-state index contributed by atoms with van der Waals surface area (Å²) < 4.78 is 1.85. The zero-order chi connectivity index (χ0) is 10.1. The monoisotopic (exact) mass is 188 g/mol. The van der Waals surface area contributed by atoms with Crippen molar-refractivity contribution in [2.24, 2.45) is 12.0 Å². The van der Waals surface area contributed by atoms with Gasteiger partial charge in [-0.25, -0.2) is 14.8 Å². The van der Waals surface area contributed by atoms with Crippen molar-refractivity contribution in [1.29, 1.82) is 0 Å². The largest absolute Gasteiger partial charge is 0.345 e. The van der Waals surface area contributed by atoms with E-state index in [4.69, 9.17) is 0 Å². The van der Waals surface area contributed by atoms with Gasteiger partial charge in [0.15, 0.2) is 0 Å². The lowest BCUT2D eigenvalue weighted by Gasteiger charge is -1.97. The van der Waals surface area contributed by atoms with Crippen LogP contribution in [0.15, 0.2) is 17.5 Å². The second-order valence-corrected chi connectivity index (χ2v) is 2.98. The minimum Gasteiger partial charge on any atom is -0.345 e. The Morgan fingerprint density at radius 1 is 1.50 bits per heavy atom. The summed E-state index contributed by atoms with van der Waals surface area (Å²) in [4.78, 5) is 21.9. The minimum atomic E-state index is 0.531. The first-order chi connectivity index (χ1) is 6.74. The van der Waals surface area contributed by atoms with E-state index < -0.39 is 0 Å². The molecule has 0 aliphatic heterocycles. The van der Waals surface area contributed by atoms with E-state index in [2.05, 4.69) is 15.0 Å². The fourth-order valence-corrected chi connectivity index (χ4v) is 1.52. The van der Waals surface area contributed by atoms with E-state index in [0.29, 0.717) is 11.2 Å². The number of fused-ring (bicyclic) bond motifs is 1. The number of hydrogen-bond donors (Lipinski definition) is 0. The van der Waals surface area contributed by atoms with E-state index >= 15 is 0 Å². The Morgan fingerprint density at radius 3 is 3.00 bits per heavy atom. The van der Waals surface area contributed by atoms with Gasteiger partial charge in [-0.2, -0.15) is 4.99 Å². The second kappa shape index (κ2) is 3.05. The Labute approximate surface area is 80.1 Å². The summed E-state index contributed by atoms with van der Waals surface area (Å²) >= 11 is 0. The fourth-order valence-electron chi connectivity index (χ4n) is 1.52. The van der Waals surface area contributed by atoms with Crippen molar-refractivity contribution in [3.05, 3.63) is 18.2 Å². The third-order valence-electron chi connectivity index (χ3n) is 2.08. The molecule has 0 amide bonds. The van der Waals surface area contributed by atoms with E-state index in [-0.39, 0.29) is 0 Å².